The van der Waals surface area contributed by atoms with E-state index in [2.05, 4.69) is 0 Å². The topological polar surface area (TPSA) is 58.6 Å². The van der Waals surface area contributed by atoms with Gasteiger partial charge in [0.2, 0.25) is 11.8 Å². The third kappa shape index (κ3) is 5.14. The average molecular weight is 469 g/mol. The van der Waals surface area contributed by atoms with Gasteiger partial charge in [0.1, 0.15) is 11.6 Å². The molecule has 2 heterocycles. The number of anilines is 1. The number of amides is 1. The van der Waals surface area contributed by atoms with E-state index in [0.29, 0.717) is 49.2 Å². The maximum absolute atomic E-state index is 13.8. The SMILES string of the molecule is CN(Cc1ccccc1)c1nc2c(c(Oc3cccc(F)c3)n1)CN(C(=O)c1ccccc1)CC2. The number of carbonyl (C=O) groups excluding carboxylic acids is 1. The van der Waals surface area contributed by atoms with E-state index in [1.54, 1.807) is 29.2 Å². The van der Waals surface area contributed by atoms with Crippen LogP contribution in [0.4, 0.5) is 10.3 Å². The molecule has 0 saturated carbocycles. The van der Waals surface area contributed by atoms with Crippen LogP contribution in [0, 0.1) is 5.82 Å². The standard InChI is InChI=1S/C28H25FN4O2/c1-32(18-20-9-4-2-5-10-20)28-30-25-15-16-33(27(34)21-11-6-3-7-12-21)19-24(25)26(31-28)35-23-14-8-13-22(29)17-23/h2-14,17H,15-16,18-19H2,1H3. The lowest BCUT2D eigenvalue weighted by molar-refractivity contribution is 0.0732. The van der Waals surface area contributed by atoms with Crippen molar-refractivity contribution in [2.24, 2.45) is 0 Å². The Morgan fingerprint density at radius 2 is 1.74 bits per heavy atom. The van der Waals surface area contributed by atoms with Crippen molar-refractivity contribution in [3.8, 4) is 11.6 Å². The molecule has 4 aromatic rings. The van der Waals surface area contributed by atoms with Crippen LogP contribution in [-0.2, 0) is 19.5 Å². The maximum Gasteiger partial charge on any atom is 0.254 e. The summed E-state index contributed by atoms with van der Waals surface area (Å²) < 4.78 is 19.9. The monoisotopic (exact) mass is 468 g/mol. The first-order valence-corrected chi connectivity index (χ1v) is 11.5. The number of carbonyl (C=O) groups is 1. The fourth-order valence-electron chi connectivity index (χ4n) is 4.13. The van der Waals surface area contributed by atoms with Crippen molar-refractivity contribution in [1.29, 1.82) is 0 Å². The Kier molecular flexibility index (Phi) is 6.39. The summed E-state index contributed by atoms with van der Waals surface area (Å²) in [6, 6.07) is 25.2. The Hall–Kier alpha value is -4.26. The number of rotatable bonds is 6. The van der Waals surface area contributed by atoms with Crippen LogP contribution in [0.5, 0.6) is 11.6 Å². The molecular formula is C28H25FN4O2. The van der Waals surface area contributed by atoms with Crippen molar-refractivity contribution in [2.75, 3.05) is 18.5 Å². The quantitative estimate of drug-likeness (QED) is 0.387. The van der Waals surface area contributed by atoms with Crippen LogP contribution in [0.1, 0.15) is 27.2 Å². The molecule has 0 radical (unpaired) electrons. The molecule has 3 aromatic carbocycles. The highest BCUT2D eigenvalue weighted by molar-refractivity contribution is 5.94. The predicted octanol–water partition coefficient (Wildman–Crippen LogP) is 5.24. The van der Waals surface area contributed by atoms with Crippen LogP contribution in [-0.4, -0.2) is 34.4 Å². The van der Waals surface area contributed by atoms with Crippen LogP contribution >= 0.6 is 0 Å². The van der Waals surface area contributed by atoms with E-state index in [4.69, 9.17) is 14.7 Å². The van der Waals surface area contributed by atoms with Gasteiger partial charge in [0.15, 0.2) is 0 Å². The lowest BCUT2D eigenvalue weighted by Gasteiger charge is -2.30. The summed E-state index contributed by atoms with van der Waals surface area (Å²) in [5.74, 6) is 0.739. The molecule has 0 fully saturated rings. The first kappa shape index (κ1) is 22.5. The van der Waals surface area contributed by atoms with Gasteiger partial charge < -0.3 is 14.5 Å². The van der Waals surface area contributed by atoms with Gasteiger partial charge in [0.05, 0.1) is 17.8 Å². The van der Waals surface area contributed by atoms with Crippen LogP contribution < -0.4 is 9.64 Å². The van der Waals surface area contributed by atoms with Gasteiger partial charge in [-0.25, -0.2) is 9.37 Å². The molecule has 0 N–H and O–H groups in total. The molecule has 35 heavy (non-hydrogen) atoms. The Balaban J connectivity index is 1.48. The van der Waals surface area contributed by atoms with Gasteiger partial charge in [0.25, 0.3) is 5.91 Å². The van der Waals surface area contributed by atoms with E-state index in [0.717, 1.165) is 16.8 Å². The number of benzene rings is 3. The van der Waals surface area contributed by atoms with Gasteiger partial charge in [0, 0.05) is 38.2 Å². The highest BCUT2D eigenvalue weighted by atomic mass is 19.1. The zero-order valence-corrected chi connectivity index (χ0v) is 19.4. The highest BCUT2D eigenvalue weighted by Crippen LogP contribution is 2.32. The van der Waals surface area contributed by atoms with Crippen molar-refractivity contribution in [2.45, 2.75) is 19.5 Å². The molecule has 0 saturated heterocycles. The summed E-state index contributed by atoms with van der Waals surface area (Å²) in [4.78, 5) is 26.3. The molecule has 0 aliphatic carbocycles. The maximum atomic E-state index is 13.8. The van der Waals surface area contributed by atoms with Crippen LogP contribution in [0.2, 0.25) is 0 Å². The summed E-state index contributed by atoms with van der Waals surface area (Å²) >= 11 is 0. The second-order valence-corrected chi connectivity index (χ2v) is 8.50. The zero-order valence-electron chi connectivity index (χ0n) is 19.4. The largest absolute Gasteiger partial charge is 0.438 e. The van der Waals surface area contributed by atoms with Crippen LogP contribution in [0.3, 0.4) is 0 Å². The first-order chi connectivity index (χ1) is 17.1. The van der Waals surface area contributed by atoms with E-state index in [-0.39, 0.29) is 5.91 Å². The third-order valence-corrected chi connectivity index (χ3v) is 5.93. The van der Waals surface area contributed by atoms with Crippen molar-refractivity contribution >= 4 is 11.9 Å². The number of hydrogen-bond donors (Lipinski definition) is 0. The van der Waals surface area contributed by atoms with Gasteiger partial charge in [-0.05, 0) is 29.8 Å². The van der Waals surface area contributed by atoms with E-state index < -0.39 is 5.82 Å². The van der Waals surface area contributed by atoms with Crippen molar-refractivity contribution in [3.63, 3.8) is 0 Å². The van der Waals surface area contributed by atoms with Crippen LogP contribution in [0.15, 0.2) is 84.9 Å². The molecule has 0 bridgehead atoms. The molecule has 1 amide bonds. The van der Waals surface area contributed by atoms with E-state index in [1.807, 2.05) is 60.5 Å². The highest BCUT2D eigenvalue weighted by Gasteiger charge is 2.28. The minimum absolute atomic E-state index is 0.0572. The predicted molar refractivity (Wildman–Crippen MR) is 132 cm³/mol. The fourth-order valence-corrected chi connectivity index (χ4v) is 4.13. The average Bonchev–Trinajstić information content (AvgIpc) is 2.89. The number of aromatic nitrogens is 2. The van der Waals surface area contributed by atoms with Crippen molar-refractivity contribution in [3.05, 3.63) is 113 Å². The fraction of sp³-hybridized carbons (Fsp3) is 0.179. The second kappa shape index (κ2) is 9.93. The molecule has 176 valence electrons. The molecule has 1 aliphatic rings. The minimum Gasteiger partial charge on any atom is -0.438 e. The molecule has 6 nitrogen and oxygen atoms in total. The van der Waals surface area contributed by atoms with E-state index in [1.165, 1.54) is 12.1 Å². The smallest absolute Gasteiger partial charge is 0.254 e. The normalized spacial score (nSPS) is 12.7. The molecule has 1 aliphatic heterocycles. The van der Waals surface area contributed by atoms with Gasteiger partial charge >= 0.3 is 0 Å². The number of halogens is 1. The summed E-state index contributed by atoms with van der Waals surface area (Å²) in [7, 11) is 1.93. The Morgan fingerprint density at radius 1 is 1.00 bits per heavy atom. The second-order valence-electron chi connectivity index (χ2n) is 8.50. The van der Waals surface area contributed by atoms with E-state index >= 15 is 0 Å². The molecule has 5 rings (SSSR count). The van der Waals surface area contributed by atoms with Crippen molar-refractivity contribution in [1.82, 2.24) is 14.9 Å². The van der Waals surface area contributed by atoms with Gasteiger partial charge in [-0.15, -0.1) is 0 Å². The first-order valence-electron chi connectivity index (χ1n) is 11.5. The Morgan fingerprint density at radius 3 is 2.49 bits per heavy atom. The number of fused-ring (bicyclic) bond motifs is 1. The van der Waals surface area contributed by atoms with Crippen molar-refractivity contribution < 1.29 is 13.9 Å². The molecule has 1 aromatic heterocycles. The van der Waals surface area contributed by atoms with Crippen LogP contribution in [0.25, 0.3) is 0 Å². The third-order valence-electron chi connectivity index (χ3n) is 5.93. The Labute approximate surface area is 203 Å². The van der Waals surface area contributed by atoms with Gasteiger partial charge in [-0.1, -0.05) is 54.6 Å². The Bertz CT molecular complexity index is 1330. The van der Waals surface area contributed by atoms with E-state index in [9.17, 15) is 9.18 Å². The minimum atomic E-state index is -0.396. The van der Waals surface area contributed by atoms with Gasteiger partial charge in [-0.3, -0.25) is 4.79 Å². The summed E-state index contributed by atoms with van der Waals surface area (Å²) in [5.41, 5.74) is 3.33. The molecular weight excluding hydrogens is 443 g/mol. The molecule has 7 heteroatoms. The summed E-state index contributed by atoms with van der Waals surface area (Å²) in [5, 5.41) is 0. The number of hydrogen-bond acceptors (Lipinski definition) is 5. The van der Waals surface area contributed by atoms with Gasteiger partial charge in [-0.2, -0.15) is 4.98 Å². The number of ether oxygens (including phenoxy) is 1. The number of nitrogens with zero attached hydrogens (tertiary/aromatic N) is 4. The summed E-state index contributed by atoms with van der Waals surface area (Å²) in [6.45, 7) is 1.48. The summed E-state index contributed by atoms with van der Waals surface area (Å²) in [6.07, 6.45) is 0.572. The molecule has 0 spiro atoms. The zero-order chi connectivity index (χ0) is 24.2. The lowest BCUT2D eigenvalue weighted by atomic mass is 10.1. The molecule has 0 unspecified atom stereocenters. The lowest BCUT2D eigenvalue weighted by Crippen LogP contribution is -2.37. The molecule has 0 atom stereocenters.